The number of methoxy groups -OCH3 is 1. The lowest BCUT2D eigenvalue weighted by Crippen LogP contribution is -2.04. The summed E-state index contributed by atoms with van der Waals surface area (Å²) in [6, 6.07) is 14.0. The molecule has 4 rings (SSSR count). The second kappa shape index (κ2) is 8.57. The molecule has 2 aromatic carbocycles. The SMILES string of the molecule is COc1ccc(/C=C/C(=O)c2cc(C)nn2C)cc1COc1ccc2c(c1)CCC2. The van der Waals surface area contributed by atoms with Gasteiger partial charge < -0.3 is 9.47 Å². The van der Waals surface area contributed by atoms with Gasteiger partial charge in [-0.1, -0.05) is 18.2 Å². The molecule has 154 valence electrons. The maximum Gasteiger partial charge on any atom is 0.203 e. The van der Waals surface area contributed by atoms with Gasteiger partial charge in [0, 0.05) is 12.6 Å². The van der Waals surface area contributed by atoms with Gasteiger partial charge in [0.2, 0.25) is 5.78 Å². The highest BCUT2D eigenvalue weighted by atomic mass is 16.5. The van der Waals surface area contributed by atoms with Crippen LogP contribution in [0.25, 0.3) is 6.08 Å². The molecular weight excluding hydrogens is 376 g/mol. The van der Waals surface area contributed by atoms with Crippen molar-refractivity contribution in [2.75, 3.05) is 7.11 Å². The van der Waals surface area contributed by atoms with Crippen LogP contribution in [0.15, 0.2) is 48.5 Å². The molecule has 0 unspecified atom stereocenters. The quantitative estimate of drug-likeness (QED) is 0.425. The van der Waals surface area contributed by atoms with Crippen LogP contribution < -0.4 is 9.47 Å². The first kappa shape index (κ1) is 20.0. The third-order valence-corrected chi connectivity index (χ3v) is 5.45. The van der Waals surface area contributed by atoms with Crippen LogP contribution in [0.5, 0.6) is 11.5 Å². The van der Waals surface area contributed by atoms with E-state index in [-0.39, 0.29) is 5.78 Å². The number of carbonyl (C=O) groups is 1. The summed E-state index contributed by atoms with van der Waals surface area (Å²) >= 11 is 0. The molecule has 0 saturated carbocycles. The number of hydrogen-bond acceptors (Lipinski definition) is 4. The van der Waals surface area contributed by atoms with Gasteiger partial charge in [-0.15, -0.1) is 0 Å². The van der Waals surface area contributed by atoms with Crippen molar-refractivity contribution < 1.29 is 14.3 Å². The van der Waals surface area contributed by atoms with Gasteiger partial charge in [0.25, 0.3) is 0 Å². The van der Waals surface area contributed by atoms with Crippen molar-refractivity contribution in [3.05, 3.63) is 82.2 Å². The molecule has 3 aromatic rings. The van der Waals surface area contributed by atoms with Gasteiger partial charge in [0.1, 0.15) is 23.8 Å². The second-order valence-electron chi connectivity index (χ2n) is 7.64. The van der Waals surface area contributed by atoms with Crippen LogP contribution in [0, 0.1) is 6.92 Å². The zero-order valence-corrected chi connectivity index (χ0v) is 17.6. The molecule has 5 heteroatoms. The summed E-state index contributed by atoms with van der Waals surface area (Å²) in [7, 11) is 3.42. The third kappa shape index (κ3) is 4.30. The molecule has 30 heavy (non-hydrogen) atoms. The lowest BCUT2D eigenvalue weighted by atomic mass is 10.1. The van der Waals surface area contributed by atoms with Crippen molar-refractivity contribution in [1.82, 2.24) is 9.78 Å². The van der Waals surface area contributed by atoms with Gasteiger partial charge in [-0.05, 0) is 79.3 Å². The van der Waals surface area contributed by atoms with Crippen LogP contribution in [0.1, 0.15) is 44.9 Å². The first-order valence-electron chi connectivity index (χ1n) is 10.2. The number of aryl methyl sites for hydroxylation is 4. The van der Waals surface area contributed by atoms with E-state index >= 15 is 0 Å². The molecule has 1 heterocycles. The standard InChI is InChI=1S/C25H26N2O3/c1-17-13-23(27(2)26-17)24(28)11-7-18-8-12-25(29-3)21(14-18)16-30-22-10-9-19-5-4-6-20(19)15-22/h7-15H,4-6,16H2,1-3H3/b11-7+. The summed E-state index contributed by atoms with van der Waals surface area (Å²) in [6.45, 7) is 2.27. The van der Waals surface area contributed by atoms with E-state index in [0.29, 0.717) is 12.3 Å². The maximum absolute atomic E-state index is 12.5. The molecule has 1 aliphatic rings. The van der Waals surface area contributed by atoms with Crippen molar-refractivity contribution in [1.29, 1.82) is 0 Å². The van der Waals surface area contributed by atoms with Crippen molar-refractivity contribution in [2.24, 2.45) is 7.05 Å². The Morgan fingerprint density at radius 2 is 1.97 bits per heavy atom. The fourth-order valence-electron chi connectivity index (χ4n) is 3.91. The van der Waals surface area contributed by atoms with E-state index in [0.717, 1.165) is 41.2 Å². The highest BCUT2D eigenvalue weighted by Gasteiger charge is 2.12. The minimum atomic E-state index is -0.0788. The van der Waals surface area contributed by atoms with Crippen LogP contribution in [0.3, 0.4) is 0 Å². The zero-order chi connectivity index (χ0) is 21.1. The van der Waals surface area contributed by atoms with Crippen LogP contribution >= 0.6 is 0 Å². The number of carbonyl (C=O) groups excluding carboxylic acids is 1. The van der Waals surface area contributed by atoms with Crippen molar-refractivity contribution in [3.8, 4) is 11.5 Å². The fourth-order valence-corrected chi connectivity index (χ4v) is 3.91. The molecule has 5 nitrogen and oxygen atoms in total. The zero-order valence-electron chi connectivity index (χ0n) is 17.6. The van der Waals surface area contributed by atoms with Gasteiger partial charge in [-0.2, -0.15) is 5.10 Å². The average Bonchev–Trinajstić information content (AvgIpc) is 3.35. The van der Waals surface area contributed by atoms with Crippen molar-refractivity contribution in [3.63, 3.8) is 0 Å². The number of hydrogen-bond donors (Lipinski definition) is 0. The van der Waals surface area contributed by atoms with E-state index in [1.54, 1.807) is 31.0 Å². The van der Waals surface area contributed by atoms with E-state index in [1.165, 1.54) is 17.5 Å². The lowest BCUT2D eigenvalue weighted by molar-refractivity contribution is 0.103. The largest absolute Gasteiger partial charge is 0.496 e. The van der Waals surface area contributed by atoms with E-state index in [4.69, 9.17) is 9.47 Å². The maximum atomic E-state index is 12.5. The number of ether oxygens (including phenoxy) is 2. The number of ketones is 1. The predicted molar refractivity (Wildman–Crippen MR) is 117 cm³/mol. The fraction of sp³-hybridized carbons (Fsp3) is 0.280. The van der Waals surface area contributed by atoms with E-state index < -0.39 is 0 Å². The predicted octanol–water partition coefficient (Wildman–Crippen LogP) is 4.70. The topological polar surface area (TPSA) is 53.3 Å². The molecule has 0 radical (unpaired) electrons. The Kier molecular flexibility index (Phi) is 5.70. The molecule has 0 fully saturated rings. The smallest absolute Gasteiger partial charge is 0.203 e. The minimum absolute atomic E-state index is 0.0788. The van der Waals surface area contributed by atoms with Crippen LogP contribution in [0.2, 0.25) is 0 Å². The Morgan fingerprint density at radius 3 is 2.73 bits per heavy atom. The Morgan fingerprint density at radius 1 is 1.13 bits per heavy atom. The van der Waals surface area contributed by atoms with Gasteiger partial charge in [0.05, 0.1) is 12.8 Å². The first-order chi connectivity index (χ1) is 14.5. The number of rotatable bonds is 7. The minimum Gasteiger partial charge on any atom is -0.496 e. The molecule has 0 saturated heterocycles. The van der Waals surface area contributed by atoms with Gasteiger partial charge >= 0.3 is 0 Å². The molecule has 1 aromatic heterocycles. The summed E-state index contributed by atoms with van der Waals surface area (Å²) in [5.41, 5.74) is 6.06. The second-order valence-corrected chi connectivity index (χ2v) is 7.64. The van der Waals surface area contributed by atoms with Crippen molar-refractivity contribution in [2.45, 2.75) is 32.8 Å². The number of aromatic nitrogens is 2. The number of allylic oxidation sites excluding steroid dienone is 1. The monoisotopic (exact) mass is 402 g/mol. The Balaban J connectivity index is 1.49. The van der Waals surface area contributed by atoms with Crippen LogP contribution in [0.4, 0.5) is 0 Å². The molecule has 0 bridgehead atoms. The molecule has 0 amide bonds. The summed E-state index contributed by atoms with van der Waals surface area (Å²) in [4.78, 5) is 12.5. The number of benzene rings is 2. The molecule has 0 atom stereocenters. The van der Waals surface area contributed by atoms with E-state index in [2.05, 4.69) is 17.2 Å². The average molecular weight is 402 g/mol. The summed E-state index contributed by atoms with van der Waals surface area (Å²) < 4.78 is 13.1. The van der Waals surface area contributed by atoms with Gasteiger partial charge in [-0.3, -0.25) is 9.48 Å². The van der Waals surface area contributed by atoms with Gasteiger partial charge in [-0.25, -0.2) is 0 Å². The molecule has 0 aliphatic heterocycles. The molecule has 0 N–H and O–H groups in total. The third-order valence-electron chi connectivity index (χ3n) is 5.45. The summed E-state index contributed by atoms with van der Waals surface area (Å²) in [5, 5.41) is 4.23. The van der Waals surface area contributed by atoms with E-state index in [9.17, 15) is 4.79 Å². The highest BCUT2D eigenvalue weighted by Crippen LogP contribution is 2.28. The summed E-state index contributed by atoms with van der Waals surface area (Å²) in [5.74, 6) is 1.56. The number of fused-ring (bicyclic) bond motifs is 1. The van der Waals surface area contributed by atoms with Crippen molar-refractivity contribution >= 4 is 11.9 Å². The van der Waals surface area contributed by atoms with Gasteiger partial charge in [0.15, 0.2) is 0 Å². The Bertz CT molecular complexity index is 1110. The molecule has 0 spiro atoms. The highest BCUT2D eigenvalue weighted by molar-refractivity contribution is 6.05. The molecule has 1 aliphatic carbocycles. The Hall–Kier alpha value is -3.34. The Labute approximate surface area is 176 Å². The molecular formula is C25H26N2O3. The number of nitrogens with zero attached hydrogens (tertiary/aromatic N) is 2. The first-order valence-corrected chi connectivity index (χ1v) is 10.2. The van der Waals surface area contributed by atoms with Crippen LogP contribution in [-0.2, 0) is 26.5 Å². The summed E-state index contributed by atoms with van der Waals surface area (Å²) in [6.07, 6.45) is 6.89. The van der Waals surface area contributed by atoms with Crippen LogP contribution in [-0.4, -0.2) is 22.7 Å². The lowest BCUT2D eigenvalue weighted by Gasteiger charge is -2.12. The normalized spacial score (nSPS) is 12.9. The van der Waals surface area contributed by atoms with E-state index in [1.807, 2.05) is 37.3 Å².